The van der Waals surface area contributed by atoms with Gasteiger partial charge in [0.05, 0.1) is 0 Å². The summed E-state index contributed by atoms with van der Waals surface area (Å²) in [5, 5.41) is 3.26. The van der Waals surface area contributed by atoms with Crippen molar-refractivity contribution in [3.63, 3.8) is 0 Å². The average molecular weight is 463 g/mol. The molecule has 3 fully saturated rings. The lowest BCUT2D eigenvalue weighted by Gasteiger charge is -2.43. The first-order chi connectivity index (χ1) is 16.5. The zero-order valence-electron chi connectivity index (χ0n) is 20.0. The summed E-state index contributed by atoms with van der Waals surface area (Å²) >= 11 is 0. The van der Waals surface area contributed by atoms with E-state index in [9.17, 15) is 9.59 Å². The fraction of sp³-hybridized carbons (Fsp3) is 0.481. The van der Waals surface area contributed by atoms with Crippen molar-refractivity contribution >= 4 is 12.1 Å². The molecule has 0 aromatic heterocycles. The lowest BCUT2D eigenvalue weighted by atomic mass is 9.79. The molecule has 2 aromatic rings. The van der Waals surface area contributed by atoms with Gasteiger partial charge >= 0.3 is 12.1 Å². The standard InChI is InChI=1S/C27H34N4O3/c1-20(2)29-15-13-23(14-16-29)28-25(32)30-17-18-31-24(19-30)27(34-26(31)33,21-9-5-3-6-10-21)22-11-7-4-8-12-22/h3-12,20,23-24H,13-19H2,1-2H3,(H,28,32). The van der Waals surface area contributed by atoms with Gasteiger partial charge in [-0.05, 0) is 26.7 Å². The van der Waals surface area contributed by atoms with E-state index < -0.39 is 5.60 Å². The van der Waals surface area contributed by atoms with Gasteiger partial charge in [-0.1, -0.05) is 60.7 Å². The molecule has 3 heterocycles. The van der Waals surface area contributed by atoms with Crippen molar-refractivity contribution < 1.29 is 14.3 Å². The number of hydrogen-bond donors (Lipinski definition) is 1. The quantitative estimate of drug-likeness (QED) is 0.753. The Morgan fingerprint density at radius 2 is 1.53 bits per heavy atom. The van der Waals surface area contributed by atoms with Crippen LogP contribution in [-0.4, -0.2) is 77.7 Å². The molecular formula is C27H34N4O3. The summed E-state index contributed by atoms with van der Waals surface area (Å²) in [5.74, 6) is 0. The molecule has 1 unspecified atom stereocenters. The Balaban J connectivity index is 1.38. The van der Waals surface area contributed by atoms with Crippen molar-refractivity contribution in [1.82, 2.24) is 20.0 Å². The molecule has 7 nitrogen and oxygen atoms in total. The Morgan fingerprint density at radius 3 is 2.09 bits per heavy atom. The minimum atomic E-state index is -0.957. The number of ether oxygens (including phenoxy) is 1. The molecule has 34 heavy (non-hydrogen) atoms. The van der Waals surface area contributed by atoms with Crippen molar-refractivity contribution in [2.45, 2.75) is 50.4 Å². The largest absolute Gasteiger partial charge is 0.431 e. The molecular weight excluding hydrogens is 428 g/mol. The molecule has 1 N–H and O–H groups in total. The highest BCUT2D eigenvalue weighted by atomic mass is 16.6. The second kappa shape index (κ2) is 9.29. The monoisotopic (exact) mass is 462 g/mol. The predicted octanol–water partition coefficient (Wildman–Crippen LogP) is 3.65. The van der Waals surface area contributed by atoms with Crippen molar-refractivity contribution in [2.75, 3.05) is 32.7 Å². The molecule has 1 atom stereocenters. The first kappa shape index (κ1) is 22.7. The van der Waals surface area contributed by atoms with E-state index >= 15 is 0 Å². The molecule has 3 aliphatic heterocycles. The van der Waals surface area contributed by atoms with Crippen LogP contribution in [0.2, 0.25) is 0 Å². The van der Waals surface area contributed by atoms with E-state index in [0.29, 0.717) is 25.7 Å². The first-order valence-corrected chi connectivity index (χ1v) is 12.4. The number of urea groups is 1. The summed E-state index contributed by atoms with van der Waals surface area (Å²) in [6.45, 7) is 7.83. The number of nitrogens with zero attached hydrogens (tertiary/aromatic N) is 3. The van der Waals surface area contributed by atoms with Gasteiger partial charge in [-0.3, -0.25) is 4.90 Å². The van der Waals surface area contributed by atoms with Gasteiger partial charge < -0.3 is 19.9 Å². The Morgan fingerprint density at radius 1 is 0.941 bits per heavy atom. The van der Waals surface area contributed by atoms with Gasteiger partial charge in [0.1, 0.15) is 6.04 Å². The summed E-state index contributed by atoms with van der Waals surface area (Å²) in [6, 6.07) is 20.2. The Bertz CT molecular complexity index is 966. The maximum Gasteiger partial charge on any atom is 0.411 e. The minimum absolute atomic E-state index is 0.0444. The third-order valence-corrected chi connectivity index (χ3v) is 7.61. The van der Waals surface area contributed by atoms with Crippen molar-refractivity contribution in [1.29, 1.82) is 0 Å². The van der Waals surface area contributed by atoms with E-state index in [0.717, 1.165) is 37.1 Å². The Kier molecular flexibility index (Phi) is 6.21. The molecule has 0 saturated carbocycles. The molecule has 3 aliphatic rings. The number of nitrogens with one attached hydrogen (secondary N) is 1. The molecule has 0 bridgehead atoms. The van der Waals surface area contributed by atoms with Crippen LogP contribution in [-0.2, 0) is 10.3 Å². The van der Waals surface area contributed by atoms with Crippen LogP contribution >= 0.6 is 0 Å². The molecule has 3 saturated heterocycles. The zero-order chi connectivity index (χ0) is 23.7. The number of cyclic esters (lactones) is 1. The van der Waals surface area contributed by atoms with Gasteiger partial charge in [0.15, 0.2) is 5.60 Å². The smallest absolute Gasteiger partial charge is 0.411 e. The summed E-state index contributed by atoms with van der Waals surface area (Å²) in [6.07, 6.45) is 1.61. The van der Waals surface area contributed by atoms with Gasteiger partial charge in [0.25, 0.3) is 0 Å². The normalized spacial score (nSPS) is 23.0. The molecule has 5 rings (SSSR count). The predicted molar refractivity (Wildman–Crippen MR) is 130 cm³/mol. The van der Waals surface area contributed by atoms with E-state index in [2.05, 4.69) is 24.1 Å². The van der Waals surface area contributed by atoms with Crippen LogP contribution in [0.3, 0.4) is 0 Å². The highest BCUT2D eigenvalue weighted by molar-refractivity contribution is 5.77. The minimum Gasteiger partial charge on any atom is -0.431 e. The fourth-order valence-corrected chi connectivity index (χ4v) is 5.67. The first-order valence-electron chi connectivity index (χ1n) is 12.4. The van der Waals surface area contributed by atoms with E-state index in [-0.39, 0.29) is 24.2 Å². The SMILES string of the molecule is CC(C)N1CCC(NC(=O)N2CCN3C(=O)OC(c4ccccc4)(c4ccccc4)C3C2)CC1. The van der Waals surface area contributed by atoms with Crippen LogP contribution in [0.4, 0.5) is 9.59 Å². The number of amides is 3. The molecule has 7 heteroatoms. The topological polar surface area (TPSA) is 65.1 Å². The highest BCUT2D eigenvalue weighted by Crippen LogP contribution is 2.45. The maximum atomic E-state index is 13.3. The Hall–Kier alpha value is -3.06. The highest BCUT2D eigenvalue weighted by Gasteiger charge is 2.58. The van der Waals surface area contributed by atoms with Gasteiger partial charge in [-0.2, -0.15) is 0 Å². The molecule has 0 aliphatic carbocycles. The molecule has 3 amide bonds. The van der Waals surface area contributed by atoms with Gasteiger partial charge in [-0.25, -0.2) is 9.59 Å². The Labute approximate surface area is 201 Å². The van der Waals surface area contributed by atoms with Crippen molar-refractivity contribution in [3.05, 3.63) is 71.8 Å². The molecule has 180 valence electrons. The van der Waals surface area contributed by atoms with E-state index in [1.54, 1.807) is 4.90 Å². The molecule has 0 radical (unpaired) electrons. The van der Waals surface area contributed by atoms with Crippen LogP contribution in [0, 0.1) is 0 Å². The number of hydrogen-bond acceptors (Lipinski definition) is 4. The second-order valence-corrected chi connectivity index (χ2v) is 9.84. The second-order valence-electron chi connectivity index (χ2n) is 9.84. The van der Waals surface area contributed by atoms with Crippen LogP contribution < -0.4 is 5.32 Å². The summed E-state index contributed by atoms with van der Waals surface area (Å²) in [4.78, 5) is 32.4. The van der Waals surface area contributed by atoms with Crippen molar-refractivity contribution in [2.24, 2.45) is 0 Å². The maximum absolute atomic E-state index is 13.3. The van der Waals surface area contributed by atoms with Crippen LogP contribution in [0.1, 0.15) is 37.8 Å². The van der Waals surface area contributed by atoms with Crippen LogP contribution in [0.25, 0.3) is 0 Å². The molecule has 2 aromatic carbocycles. The number of benzene rings is 2. The fourth-order valence-electron chi connectivity index (χ4n) is 5.67. The van der Waals surface area contributed by atoms with Crippen LogP contribution in [0.15, 0.2) is 60.7 Å². The number of rotatable bonds is 4. The summed E-state index contributed by atoms with van der Waals surface area (Å²) in [5.41, 5.74) is 0.886. The van der Waals surface area contributed by atoms with Crippen molar-refractivity contribution in [3.8, 4) is 0 Å². The van der Waals surface area contributed by atoms with E-state index in [1.807, 2.05) is 65.6 Å². The number of carbonyl (C=O) groups excluding carboxylic acids is 2. The average Bonchev–Trinajstić information content (AvgIpc) is 3.18. The number of piperidine rings is 1. The number of likely N-dealkylation sites (tertiary alicyclic amines) is 1. The third kappa shape index (κ3) is 4.02. The van der Waals surface area contributed by atoms with E-state index in [1.165, 1.54) is 0 Å². The zero-order valence-corrected chi connectivity index (χ0v) is 20.0. The number of carbonyl (C=O) groups is 2. The number of fused-ring (bicyclic) bond motifs is 1. The van der Waals surface area contributed by atoms with E-state index in [4.69, 9.17) is 4.74 Å². The van der Waals surface area contributed by atoms with Crippen LogP contribution in [0.5, 0.6) is 0 Å². The summed E-state index contributed by atoms with van der Waals surface area (Å²) < 4.78 is 6.20. The van der Waals surface area contributed by atoms with Gasteiger partial charge in [0, 0.05) is 55.9 Å². The third-order valence-electron chi connectivity index (χ3n) is 7.61. The number of piperazine rings is 1. The lowest BCUT2D eigenvalue weighted by Crippen LogP contribution is -2.61. The van der Waals surface area contributed by atoms with Gasteiger partial charge in [0.2, 0.25) is 0 Å². The molecule has 0 spiro atoms. The van der Waals surface area contributed by atoms with Gasteiger partial charge in [-0.15, -0.1) is 0 Å². The summed E-state index contributed by atoms with van der Waals surface area (Å²) in [7, 11) is 0. The lowest BCUT2D eigenvalue weighted by molar-refractivity contribution is 0.0504.